The number of aryl methyl sites for hydroxylation is 1. The Balaban J connectivity index is 1.60. The summed E-state index contributed by atoms with van der Waals surface area (Å²) in [5.41, 5.74) is 1.94. The molecule has 2 heterocycles. The lowest BCUT2D eigenvalue weighted by Crippen LogP contribution is -2.14. The molecule has 24 heavy (non-hydrogen) atoms. The smallest absolute Gasteiger partial charge is 0.234 e. The Morgan fingerprint density at radius 3 is 2.58 bits per heavy atom. The molecule has 0 aliphatic rings. The Bertz CT molecular complexity index is 904. The van der Waals surface area contributed by atoms with Crippen molar-refractivity contribution in [1.82, 2.24) is 19.8 Å². The quantitative estimate of drug-likeness (QED) is 0.566. The summed E-state index contributed by atoms with van der Waals surface area (Å²) >= 11 is 1.33. The number of Topliss-reactive ketones (excluding diaryl/α,β-unsaturated/α-hetero) is 1. The summed E-state index contributed by atoms with van der Waals surface area (Å²) in [5, 5.41) is 15.8. The number of carbonyl (C=O) groups excluding carboxylic acids is 2. The number of nitrogens with one attached hydrogen (secondary N) is 1. The van der Waals surface area contributed by atoms with Crippen LogP contribution < -0.4 is 5.32 Å². The zero-order chi connectivity index (χ0) is 17.1. The standard InChI is InChI=1S/C16H15N5O2S/c1-10(22)12-3-5-13(6-4-12)17-15(23)9-24-16-8-7-14-19-18-11(2)21(14)20-16/h3-8H,9H2,1-2H3,(H,17,23). The number of nitrogens with zero attached hydrogens (tertiary/aromatic N) is 4. The van der Waals surface area contributed by atoms with Crippen LogP contribution in [0, 0.1) is 6.92 Å². The highest BCUT2D eigenvalue weighted by Crippen LogP contribution is 2.17. The third kappa shape index (κ3) is 3.60. The number of amides is 1. The topological polar surface area (TPSA) is 89.2 Å². The molecule has 0 bridgehead atoms. The second kappa shape index (κ2) is 6.79. The van der Waals surface area contributed by atoms with E-state index in [1.165, 1.54) is 18.7 Å². The van der Waals surface area contributed by atoms with E-state index in [0.29, 0.717) is 27.7 Å². The van der Waals surface area contributed by atoms with Crippen LogP contribution in [0.15, 0.2) is 41.4 Å². The van der Waals surface area contributed by atoms with Crippen LogP contribution in [0.2, 0.25) is 0 Å². The van der Waals surface area contributed by atoms with Gasteiger partial charge in [0.1, 0.15) is 5.03 Å². The fraction of sp³-hybridized carbons (Fsp3) is 0.188. The summed E-state index contributed by atoms with van der Waals surface area (Å²) in [4.78, 5) is 23.3. The van der Waals surface area contributed by atoms with E-state index in [4.69, 9.17) is 0 Å². The van der Waals surface area contributed by atoms with Crippen molar-refractivity contribution in [3.63, 3.8) is 0 Å². The Labute approximate surface area is 142 Å². The van der Waals surface area contributed by atoms with Crippen LogP contribution in [-0.4, -0.2) is 37.3 Å². The summed E-state index contributed by atoms with van der Waals surface area (Å²) in [6.07, 6.45) is 0. The minimum absolute atomic E-state index is 0.00539. The second-order valence-electron chi connectivity index (χ2n) is 5.16. The first-order chi connectivity index (χ1) is 11.5. The maximum absolute atomic E-state index is 12.0. The first kappa shape index (κ1) is 16.1. The number of benzene rings is 1. The molecule has 122 valence electrons. The molecule has 0 radical (unpaired) electrons. The Morgan fingerprint density at radius 1 is 1.12 bits per heavy atom. The van der Waals surface area contributed by atoms with Gasteiger partial charge in [0.15, 0.2) is 17.3 Å². The van der Waals surface area contributed by atoms with Crippen LogP contribution in [0.5, 0.6) is 0 Å². The predicted octanol–water partition coefficient (Wildman–Crippen LogP) is 2.37. The lowest BCUT2D eigenvalue weighted by Gasteiger charge is -2.06. The van der Waals surface area contributed by atoms with Crippen molar-refractivity contribution in [2.45, 2.75) is 18.9 Å². The van der Waals surface area contributed by atoms with E-state index in [9.17, 15) is 9.59 Å². The third-order valence-electron chi connectivity index (χ3n) is 3.32. The first-order valence-corrected chi connectivity index (χ1v) is 8.24. The van der Waals surface area contributed by atoms with Crippen molar-refractivity contribution >= 4 is 34.8 Å². The highest BCUT2D eigenvalue weighted by Gasteiger charge is 2.08. The van der Waals surface area contributed by atoms with Crippen LogP contribution in [0.4, 0.5) is 5.69 Å². The van der Waals surface area contributed by atoms with Crippen molar-refractivity contribution in [3.8, 4) is 0 Å². The van der Waals surface area contributed by atoms with Gasteiger partial charge >= 0.3 is 0 Å². The fourth-order valence-electron chi connectivity index (χ4n) is 2.08. The van der Waals surface area contributed by atoms with E-state index in [1.54, 1.807) is 28.8 Å². The first-order valence-electron chi connectivity index (χ1n) is 7.25. The molecule has 0 saturated heterocycles. The largest absolute Gasteiger partial charge is 0.325 e. The Morgan fingerprint density at radius 2 is 1.88 bits per heavy atom. The lowest BCUT2D eigenvalue weighted by atomic mass is 10.1. The molecule has 1 aromatic carbocycles. The van der Waals surface area contributed by atoms with Crippen molar-refractivity contribution in [3.05, 3.63) is 47.8 Å². The second-order valence-corrected chi connectivity index (χ2v) is 6.15. The minimum Gasteiger partial charge on any atom is -0.325 e. The van der Waals surface area contributed by atoms with Gasteiger partial charge in [0, 0.05) is 11.3 Å². The third-order valence-corrected chi connectivity index (χ3v) is 4.24. The van der Waals surface area contributed by atoms with Crippen LogP contribution >= 0.6 is 11.8 Å². The molecule has 2 aromatic heterocycles. The SMILES string of the molecule is CC(=O)c1ccc(NC(=O)CSc2ccc3nnc(C)n3n2)cc1. The highest BCUT2D eigenvalue weighted by molar-refractivity contribution is 7.99. The van der Waals surface area contributed by atoms with Gasteiger partial charge in [0.05, 0.1) is 5.75 Å². The fourth-order valence-corrected chi connectivity index (χ4v) is 2.74. The van der Waals surface area contributed by atoms with Gasteiger partial charge in [-0.2, -0.15) is 9.61 Å². The number of fused-ring (bicyclic) bond motifs is 1. The van der Waals surface area contributed by atoms with E-state index in [1.807, 2.05) is 19.1 Å². The monoisotopic (exact) mass is 341 g/mol. The van der Waals surface area contributed by atoms with Crippen molar-refractivity contribution in [2.24, 2.45) is 0 Å². The van der Waals surface area contributed by atoms with Gasteiger partial charge in [-0.3, -0.25) is 9.59 Å². The number of rotatable bonds is 5. The zero-order valence-corrected chi connectivity index (χ0v) is 14.0. The van der Waals surface area contributed by atoms with Crippen molar-refractivity contribution < 1.29 is 9.59 Å². The molecule has 7 nitrogen and oxygen atoms in total. The number of aromatic nitrogens is 4. The molecule has 0 aliphatic heterocycles. The summed E-state index contributed by atoms with van der Waals surface area (Å²) in [6.45, 7) is 3.32. The molecule has 8 heteroatoms. The summed E-state index contributed by atoms with van der Waals surface area (Å²) < 4.78 is 1.64. The molecule has 0 spiro atoms. The molecule has 0 aliphatic carbocycles. The molecule has 3 aromatic rings. The maximum Gasteiger partial charge on any atom is 0.234 e. The van der Waals surface area contributed by atoms with Crippen LogP contribution in [0.1, 0.15) is 23.1 Å². The maximum atomic E-state index is 12.0. The average molecular weight is 341 g/mol. The molecule has 1 N–H and O–H groups in total. The van der Waals surface area contributed by atoms with E-state index in [0.717, 1.165) is 0 Å². The molecule has 0 saturated carbocycles. The zero-order valence-electron chi connectivity index (χ0n) is 13.2. The Hall–Kier alpha value is -2.74. The van der Waals surface area contributed by atoms with Crippen LogP contribution in [0.3, 0.4) is 0 Å². The lowest BCUT2D eigenvalue weighted by molar-refractivity contribution is -0.113. The van der Waals surface area contributed by atoms with Crippen LogP contribution in [0.25, 0.3) is 5.65 Å². The van der Waals surface area contributed by atoms with E-state index < -0.39 is 0 Å². The molecule has 3 rings (SSSR count). The van der Waals surface area contributed by atoms with Gasteiger partial charge in [0.25, 0.3) is 0 Å². The number of hydrogen-bond acceptors (Lipinski definition) is 6. The van der Waals surface area contributed by atoms with Gasteiger partial charge < -0.3 is 5.32 Å². The molecular formula is C16H15N5O2S. The number of hydrogen-bond donors (Lipinski definition) is 1. The van der Waals surface area contributed by atoms with Crippen molar-refractivity contribution in [1.29, 1.82) is 0 Å². The number of ketones is 1. The molecule has 0 fully saturated rings. The Kier molecular flexibility index (Phi) is 4.57. The number of carbonyl (C=O) groups is 2. The van der Waals surface area contributed by atoms with Crippen molar-refractivity contribution in [2.75, 3.05) is 11.1 Å². The van der Waals surface area contributed by atoms with E-state index >= 15 is 0 Å². The van der Waals surface area contributed by atoms with Crippen LogP contribution in [-0.2, 0) is 4.79 Å². The van der Waals surface area contributed by atoms with Gasteiger partial charge in [-0.25, -0.2) is 0 Å². The predicted molar refractivity (Wildman–Crippen MR) is 91.3 cm³/mol. The molecule has 0 atom stereocenters. The minimum atomic E-state index is -0.141. The highest BCUT2D eigenvalue weighted by atomic mass is 32.2. The average Bonchev–Trinajstić information content (AvgIpc) is 2.94. The number of thioether (sulfide) groups is 1. The van der Waals surface area contributed by atoms with Gasteiger partial charge in [0.2, 0.25) is 5.91 Å². The van der Waals surface area contributed by atoms with Gasteiger partial charge in [-0.15, -0.1) is 10.2 Å². The van der Waals surface area contributed by atoms with Gasteiger partial charge in [-0.1, -0.05) is 11.8 Å². The van der Waals surface area contributed by atoms with E-state index in [-0.39, 0.29) is 17.4 Å². The number of anilines is 1. The molecule has 0 unspecified atom stereocenters. The molecular weight excluding hydrogens is 326 g/mol. The van der Waals surface area contributed by atoms with Gasteiger partial charge in [-0.05, 0) is 50.2 Å². The summed E-state index contributed by atoms with van der Waals surface area (Å²) in [6, 6.07) is 10.4. The summed E-state index contributed by atoms with van der Waals surface area (Å²) in [5.74, 6) is 0.781. The van der Waals surface area contributed by atoms with E-state index in [2.05, 4.69) is 20.6 Å². The summed E-state index contributed by atoms with van der Waals surface area (Å²) in [7, 11) is 0. The normalized spacial score (nSPS) is 10.8. The molecule has 1 amide bonds.